The van der Waals surface area contributed by atoms with Gasteiger partial charge in [0.2, 0.25) is 0 Å². The van der Waals surface area contributed by atoms with Crippen molar-refractivity contribution in [2.75, 3.05) is 5.32 Å². The highest BCUT2D eigenvalue weighted by Gasteiger charge is 2.08. The largest absolute Gasteiger partial charge is 0.380 e. The van der Waals surface area contributed by atoms with Crippen molar-refractivity contribution in [3.63, 3.8) is 0 Å². The van der Waals surface area contributed by atoms with Crippen LogP contribution in [0.1, 0.15) is 21.6 Å². The number of benzene rings is 2. The average Bonchev–Trinajstić information content (AvgIpc) is 2.68. The Kier molecular flexibility index (Phi) is 5.69. The van der Waals surface area contributed by atoms with Crippen LogP contribution in [0.5, 0.6) is 5.75 Å². The Hall–Kier alpha value is -3.67. The highest BCUT2D eigenvalue weighted by Crippen LogP contribution is 2.17. The average molecular weight is 393 g/mol. The lowest BCUT2D eigenvalue weighted by Crippen LogP contribution is -2.19. The number of nitrogens with one attached hydrogen (secondary N) is 1. The van der Waals surface area contributed by atoms with Gasteiger partial charge < -0.3 is 9.50 Å². The van der Waals surface area contributed by atoms with Crippen LogP contribution < -0.4 is 14.6 Å². The lowest BCUT2D eigenvalue weighted by Gasteiger charge is -2.07. The van der Waals surface area contributed by atoms with Gasteiger partial charge in [-0.3, -0.25) is 4.79 Å². The Morgan fingerprint density at radius 3 is 2.46 bits per heavy atom. The summed E-state index contributed by atoms with van der Waals surface area (Å²) in [6.45, 7) is 0. The van der Waals surface area contributed by atoms with Crippen molar-refractivity contribution in [1.29, 1.82) is 0 Å². The second-order valence-corrected chi connectivity index (χ2v) is 6.75. The Morgan fingerprint density at radius 2 is 1.79 bits per heavy atom. The maximum absolute atomic E-state index is 12.4. The number of anilines is 1. The van der Waals surface area contributed by atoms with E-state index in [9.17, 15) is 13.2 Å². The number of hydrogen-bond donors (Lipinski definition) is 2. The molecule has 0 fully saturated rings. The molecule has 3 aromatic rings. The Morgan fingerprint density at radius 1 is 1.00 bits per heavy atom. The number of pyridine rings is 1. The summed E-state index contributed by atoms with van der Waals surface area (Å²) in [6.07, 6.45) is 1.66. The SMILES string of the molecule is NS(=O)(=O)Oc1ccc(NC(=O)c2cccc(C#Cc3ccccn3)c2)cc1. The number of carbonyl (C=O) groups is 1. The summed E-state index contributed by atoms with van der Waals surface area (Å²) in [4.78, 5) is 16.6. The molecular weight excluding hydrogens is 378 g/mol. The second kappa shape index (κ2) is 8.35. The molecule has 0 aliphatic heterocycles. The fourth-order valence-corrected chi connectivity index (χ4v) is 2.62. The zero-order valence-electron chi connectivity index (χ0n) is 14.5. The molecule has 0 atom stereocenters. The minimum atomic E-state index is -4.09. The third kappa shape index (κ3) is 5.67. The summed E-state index contributed by atoms with van der Waals surface area (Å²) in [6, 6.07) is 18.1. The molecule has 28 heavy (non-hydrogen) atoms. The van der Waals surface area contributed by atoms with Crippen molar-refractivity contribution in [3.8, 4) is 17.6 Å². The molecule has 0 bridgehead atoms. The first kappa shape index (κ1) is 19.1. The standard InChI is InChI=1S/C20H15N3O4S/c21-28(25,26)27-19-11-9-18(10-12-19)23-20(24)16-5-3-4-15(14-16)7-8-17-6-1-2-13-22-17/h1-6,9-14H,(H,23,24)(H2,21,25,26). The van der Waals surface area contributed by atoms with Gasteiger partial charge in [-0.25, -0.2) is 4.98 Å². The zero-order valence-corrected chi connectivity index (χ0v) is 15.3. The normalized spacial score (nSPS) is 10.5. The summed E-state index contributed by atoms with van der Waals surface area (Å²) in [5.41, 5.74) is 2.21. The van der Waals surface area contributed by atoms with E-state index in [1.165, 1.54) is 24.3 Å². The van der Waals surface area contributed by atoms with Crippen LogP contribution in [-0.4, -0.2) is 19.3 Å². The van der Waals surface area contributed by atoms with Gasteiger partial charge in [0.05, 0.1) is 0 Å². The maximum atomic E-state index is 12.4. The molecule has 0 aliphatic carbocycles. The van der Waals surface area contributed by atoms with E-state index < -0.39 is 10.3 Å². The first-order valence-corrected chi connectivity index (χ1v) is 9.53. The Bertz CT molecular complexity index is 1150. The van der Waals surface area contributed by atoms with E-state index in [-0.39, 0.29) is 11.7 Å². The molecule has 0 saturated carbocycles. The van der Waals surface area contributed by atoms with Crippen LogP contribution in [0, 0.1) is 11.8 Å². The van der Waals surface area contributed by atoms with E-state index in [1.54, 1.807) is 36.5 Å². The van der Waals surface area contributed by atoms with Crippen molar-refractivity contribution in [3.05, 3.63) is 89.7 Å². The maximum Gasteiger partial charge on any atom is 0.380 e. The highest BCUT2D eigenvalue weighted by atomic mass is 32.2. The molecule has 2 aromatic carbocycles. The fourth-order valence-electron chi connectivity index (χ4n) is 2.24. The predicted molar refractivity (Wildman–Crippen MR) is 105 cm³/mol. The molecule has 7 nitrogen and oxygen atoms in total. The lowest BCUT2D eigenvalue weighted by molar-refractivity contribution is 0.102. The van der Waals surface area contributed by atoms with Crippen LogP contribution in [-0.2, 0) is 10.3 Å². The fraction of sp³-hybridized carbons (Fsp3) is 0. The summed E-state index contributed by atoms with van der Waals surface area (Å²) in [7, 11) is -4.09. The molecule has 3 rings (SSSR count). The molecule has 1 heterocycles. The van der Waals surface area contributed by atoms with Gasteiger partial charge in [0.1, 0.15) is 11.4 Å². The first-order valence-electron chi connectivity index (χ1n) is 8.06. The van der Waals surface area contributed by atoms with Crippen LogP contribution in [0.2, 0.25) is 0 Å². The van der Waals surface area contributed by atoms with Crippen molar-refractivity contribution in [2.24, 2.45) is 5.14 Å². The van der Waals surface area contributed by atoms with E-state index in [4.69, 9.17) is 5.14 Å². The quantitative estimate of drug-likeness (QED) is 0.661. The topological polar surface area (TPSA) is 111 Å². The molecule has 1 aromatic heterocycles. The van der Waals surface area contributed by atoms with Gasteiger partial charge in [0.15, 0.2) is 0 Å². The van der Waals surface area contributed by atoms with E-state index in [1.807, 2.05) is 12.1 Å². The van der Waals surface area contributed by atoms with Gasteiger partial charge in [0.25, 0.3) is 5.91 Å². The van der Waals surface area contributed by atoms with Crippen LogP contribution in [0.15, 0.2) is 72.9 Å². The first-order chi connectivity index (χ1) is 13.4. The van der Waals surface area contributed by atoms with Crippen molar-refractivity contribution in [2.45, 2.75) is 0 Å². The van der Waals surface area contributed by atoms with Crippen LogP contribution in [0.3, 0.4) is 0 Å². The molecule has 3 N–H and O–H groups in total. The number of hydrogen-bond acceptors (Lipinski definition) is 5. The van der Waals surface area contributed by atoms with Gasteiger partial charge in [-0.1, -0.05) is 18.1 Å². The summed E-state index contributed by atoms with van der Waals surface area (Å²) in [5, 5.41) is 7.52. The smallest absolute Gasteiger partial charge is 0.371 e. The molecule has 0 aliphatic rings. The Labute approximate surface area is 162 Å². The number of carbonyl (C=O) groups excluding carboxylic acids is 1. The lowest BCUT2D eigenvalue weighted by atomic mass is 10.1. The molecule has 140 valence electrons. The molecule has 0 unspecified atom stereocenters. The minimum absolute atomic E-state index is 0.0484. The second-order valence-electron chi connectivity index (χ2n) is 5.60. The van der Waals surface area contributed by atoms with E-state index in [0.717, 1.165) is 0 Å². The number of amides is 1. The highest BCUT2D eigenvalue weighted by molar-refractivity contribution is 7.84. The van der Waals surface area contributed by atoms with Crippen molar-refractivity contribution < 1.29 is 17.4 Å². The number of nitrogens with zero attached hydrogens (tertiary/aromatic N) is 1. The summed E-state index contributed by atoms with van der Waals surface area (Å²) < 4.78 is 26.3. The van der Waals surface area contributed by atoms with Gasteiger partial charge in [-0.15, -0.1) is 0 Å². The van der Waals surface area contributed by atoms with Crippen LogP contribution in [0.4, 0.5) is 5.69 Å². The van der Waals surface area contributed by atoms with Crippen LogP contribution in [0.25, 0.3) is 0 Å². The number of nitrogens with two attached hydrogens (primary N) is 1. The van der Waals surface area contributed by atoms with Crippen molar-refractivity contribution in [1.82, 2.24) is 4.98 Å². The third-order valence-corrected chi connectivity index (χ3v) is 3.87. The molecule has 0 spiro atoms. The van der Waals surface area contributed by atoms with Gasteiger partial charge in [-0.05, 0) is 60.5 Å². The van der Waals surface area contributed by atoms with E-state index >= 15 is 0 Å². The van der Waals surface area contributed by atoms with E-state index in [2.05, 4.69) is 26.3 Å². The molecule has 0 saturated heterocycles. The molecule has 1 amide bonds. The molecule has 0 radical (unpaired) electrons. The molecular formula is C20H15N3O4S. The van der Waals surface area contributed by atoms with Crippen molar-refractivity contribution >= 4 is 21.9 Å². The summed E-state index contributed by atoms with van der Waals surface area (Å²) >= 11 is 0. The van der Waals surface area contributed by atoms with Gasteiger partial charge >= 0.3 is 10.3 Å². The Balaban J connectivity index is 1.70. The van der Waals surface area contributed by atoms with Crippen LogP contribution >= 0.6 is 0 Å². The summed E-state index contributed by atoms with van der Waals surface area (Å²) in [5.74, 6) is 5.62. The molecule has 8 heteroatoms. The number of rotatable bonds is 4. The third-order valence-electron chi connectivity index (χ3n) is 3.45. The predicted octanol–water partition coefficient (Wildman–Crippen LogP) is 2.32. The zero-order chi connectivity index (χ0) is 20.0. The monoisotopic (exact) mass is 393 g/mol. The minimum Gasteiger partial charge on any atom is -0.371 e. The number of aromatic nitrogens is 1. The van der Waals surface area contributed by atoms with Gasteiger partial charge in [-0.2, -0.15) is 13.6 Å². The van der Waals surface area contributed by atoms with E-state index in [0.29, 0.717) is 22.5 Å². The van der Waals surface area contributed by atoms with Gasteiger partial charge in [0, 0.05) is 23.0 Å².